The second-order valence-electron chi connectivity index (χ2n) is 10.9. The molecule has 42 heavy (non-hydrogen) atoms. The Kier molecular flexibility index (Phi) is 8.96. The van der Waals surface area contributed by atoms with E-state index in [1.54, 1.807) is 18.2 Å². The molecule has 0 spiro atoms. The predicted octanol–water partition coefficient (Wildman–Crippen LogP) is 9.11. The molecule has 0 saturated carbocycles. The van der Waals surface area contributed by atoms with E-state index in [1.807, 2.05) is 71.9 Å². The van der Waals surface area contributed by atoms with Gasteiger partial charge in [0, 0.05) is 0 Å². The van der Waals surface area contributed by atoms with E-state index >= 15 is 0 Å². The molecule has 0 atom stereocenters. The van der Waals surface area contributed by atoms with Crippen LogP contribution >= 0.6 is 0 Å². The maximum atomic E-state index is 14.1. The summed E-state index contributed by atoms with van der Waals surface area (Å²) >= 11 is 0. The molecule has 0 amide bonds. The molecule has 0 aliphatic rings. The molecule has 1 aromatic heterocycles. The molecule has 0 N–H and O–H groups in total. The van der Waals surface area contributed by atoms with Crippen molar-refractivity contribution in [2.45, 2.75) is 73.0 Å². The minimum absolute atomic E-state index is 0.0274. The third kappa shape index (κ3) is 6.28. The smallest absolute Gasteiger partial charge is 0.417 e. The van der Waals surface area contributed by atoms with Crippen molar-refractivity contribution in [3.8, 4) is 28.8 Å². The summed E-state index contributed by atoms with van der Waals surface area (Å²) in [6.45, 7) is 12.0. The molecule has 0 radical (unpaired) electrons. The van der Waals surface area contributed by atoms with Crippen molar-refractivity contribution in [2.75, 3.05) is 0 Å². The average molecular weight is 573 g/mol. The van der Waals surface area contributed by atoms with Gasteiger partial charge in [0.25, 0.3) is 5.56 Å². The van der Waals surface area contributed by atoms with E-state index < -0.39 is 22.9 Å². The molecule has 7 heteroatoms. The zero-order valence-electron chi connectivity index (χ0n) is 24.8. The quantitative estimate of drug-likeness (QED) is 0.212. The van der Waals surface area contributed by atoms with Gasteiger partial charge >= 0.3 is 6.18 Å². The lowest BCUT2D eigenvalue weighted by Gasteiger charge is -2.21. The molecule has 0 aliphatic heterocycles. The van der Waals surface area contributed by atoms with E-state index in [2.05, 4.69) is 6.07 Å². The van der Waals surface area contributed by atoms with Crippen LogP contribution in [-0.2, 0) is 25.6 Å². The van der Waals surface area contributed by atoms with Crippen molar-refractivity contribution in [1.82, 2.24) is 4.57 Å². The SMILES string of the molecule is CCc1ccc(Cn2c(-c3ccc(Oc4ccc(C)c(C)c4)c(C(C)C)c3)cc(C(F)(F)F)c(C#N)c2=O)c(CC)c1. The highest BCUT2D eigenvalue weighted by molar-refractivity contribution is 5.66. The number of pyridine rings is 1. The fourth-order valence-corrected chi connectivity index (χ4v) is 5.08. The van der Waals surface area contributed by atoms with Gasteiger partial charge in [0.1, 0.15) is 23.1 Å². The maximum Gasteiger partial charge on any atom is 0.417 e. The van der Waals surface area contributed by atoms with E-state index in [0.717, 1.165) is 45.9 Å². The lowest BCUT2D eigenvalue weighted by atomic mass is 9.96. The Morgan fingerprint density at radius 2 is 1.64 bits per heavy atom. The molecular weight excluding hydrogens is 537 g/mol. The number of aryl methyl sites for hydroxylation is 4. The Hall–Kier alpha value is -4.31. The normalized spacial score (nSPS) is 11.5. The third-order valence-electron chi connectivity index (χ3n) is 7.74. The van der Waals surface area contributed by atoms with Crippen LogP contribution in [0.2, 0.25) is 0 Å². The summed E-state index contributed by atoms with van der Waals surface area (Å²) in [5.74, 6) is 1.21. The van der Waals surface area contributed by atoms with Crippen LogP contribution in [0.1, 0.15) is 78.1 Å². The molecule has 1 heterocycles. The van der Waals surface area contributed by atoms with Gasteiger partial charge in [-0.3, -0.25) is 4.79 Å². The van der Waals surface area contributed by atoms with Gasteiger partial charge in [-0.1, -0.05) is 52.0 Å². The van der Waals surface area contributed by atoms with Gasteiger partial charge in [0.2, 0.25) is 0 Å². The van der Waals surface area contributed by atoms with E-state index in [1.165, 1.54) is 10.6 Å². The zero-order valence-corrected chi connectivity index (χ0v) is 24.8. The summed E-state index contributed by atoms with van der Waals surface area (Å²) in [6.07, 6.45) is -3.34. The minimum atomic E-state index is -4.87. The number of rotatable bonds is 8. The molecule has 0 bridgehead atoms. The van der Waals surface area contributed by atoms with Gasteiger partial charge in [0.05, 0.1) is 17.8 Å². The van der Waals surface area contributed by atoms with Crippen LogP contribution < -0.4 is 10.3 Å². The Bertz CT molecular complexity index is 1730. The van der Waals surface area contributed by atoms with Gasteiger partial charge in [0.15, 0.2) is 0 Å². The van der Waals surface area contributed by atoms with Crippen LogP contribution in [0.15, 0.2) is 65.5 Å². The van der Waals surface area contributed by atoms with Crippen LogP contribution in [0.5, 0.6) is 11.5 Å². The van der Waals surface area contributed by atoms with Crippen molar-refractivity contribution in [2.24, 2.45) is 0 Å². The molecule has 0 fully saturated rings. The first-order valence-electron chi connectivity index (χ1n) is 14.1. The van der Waals surface area contributed by atoms with Crippen LogP contribution in [0.25, 0.3) is 11.3 Å². The molecule has 3 aromatic carbocycles. The number of benzene rings is 3. The average Bonchev–Trinajstić information content (AvgIpc) is 2.95. The number of ether oxygens (including phenoxy) is 1. The van der Waals surface area contributed by atoms with Crippen LogP contribution in [0, 0.1) is 25.2 Å². The lowest BCUT2D eigenvalue weighted by Crippen LogP contribution is -2.29. The van der Waals surface area contributed by atoms with E-state index in [-0.39, 0.29) is 18.2 Å². The first kappa shape index (κ1) is 30.6. The Morgan fingerprint density at radius 1 is 0.905 bits per heavy atom. The second-order valence-corrected chi connectivity index (χ2v) is 10.9. The van der Waals surface area contributed by atoms with Crippen LogP contribution in [0.4, 0.5) is 13.2 Å². The number of hydrogen-bond acceptors (Lipinski definition) is 3. The van der Waals surface area contributed by atoms with Crippen LogP contribution in [0.3, 0.4) is 0 Å². The van der Waals surface area contributed by atoms with Gasteiger partial charge in [-0.25, -0.2) is 0 Å². The summed E-state index contributed by atoms with van der Waals surface area (Å²) < 4.78 is 49.9. The van der Waals surface area contributed by atoms with Crippen molar-refractivity contribution in [1.29, 1.82) is 5.26 Å². The van der Waals surface area contributed by atoms with Crippen molar-refractivity contribution >= 4 is 0 Å². The summed E-state index contributed by atoms with van der Waals surface area (Å²) in [7, 11) is 0. The first-order valence-corrected chi connectivity index (χ1v) is 14.1. The summed E-state index contributed by atoms with van der Waals surface area (Å²) in [5.41, 5.74) is 3.36. The number of alkyl halides is 3. The molecular formula is C35H35F3N2O2. The molecule has 4 rings (SSSR count). The summed E-state index contributed by atoms with van der Waals surface area (Å²) in [4.78, 5) is 13.6. The van der Waals surface area contributed by atoms with Crippen molar-refractivity contribution in [3.05, 3.63) is 116 Å². The summed E-state index contributed by atoms with van der Waals surface area (Å²) in [6, 6.07) is 19.4. The van der Waals surface area contributed by atoms with E-state index in [0.29, 0.717) is 23.5 Å². The molecule has 0 unspecified atom stereocenters. The third-order valence-corrected chi connectivity index (χ3v) is 7.74. The highest BCUT2D eigenvalue weighted by Gasteiger charge is 2.36. The number of aromatic nitrogens is 1. The Balaban J connectivity index is 1.93. The highest BCUT2D eigenvalue weighted by Crippen LogP contribution is 2.38. The first-order chi connectivity index (χ1) is 19.9. The zero-order chi connectivity index (χ0) is 30.8. The number of nitriles is 1. The summed E-state index contributed by atoms with van der Waals surface area (Å²) in [5, 5.41) is 9.63. The highest BCUT2D eigenvalue weighted by atomic mass is 19.4. The minimum Gasteiger partial charge on any atom is -0.457 e. The lowest BCUT2D eigenvalue weighted by molar-refractivity contribution is -0.137. The topological polar surface area (TPSA) is 55.0 Å². The van der Waals surface area contributed by atoms with E-state index in [4.69, 9.17) is 4.74 Å². The molecule has 4 nitrogen and oxygen atoms in total. The van der Waals surface area contributed by atoms with Crippen molar-refractivity contribution < 1.29 is 17.9 Å². The molecule has 4 aromatic rings. The maximum absolute atomic E-state index is 14.1. The van der Waals surface area contributed by atoms with Crippen molar-refractivity contribution in [3.63, 3.8) is 0 Å². The van der Waals surface area contributed by atoms with Gasteiger partial charge in [-0.15, -0.1) is 0 Å². The molecule has 0 saturated heterocycles. The second kappa shape index (κ2) is 12.3. The van der Waals surface area contributed by atoms with Gasteiger partial charge < -0.3 is 9.30 Å². The Morgan fingerprint density at radius 3 is 2.24 bits per heavy atom. The fourth-order valence-electron chi connectivity index (χ4n) is 5.08. The predicted molar refractivity (Wildman–Crippen MR) is 160 cm³/mol. The van der Waals surface area contributed by atoms with Crippen LogP contribution in [-0.4, -0.2) is 4.57 Å². The standard InChI is InChI=1S/C35H35F3N2O2/c1-7-24-10-11-27(25(8-2)16-24)20-40-32(18-31(35(36,37)38)30(19-39)34(40)41)26-12-14-33(29(17-26)21(3)4)42-28-13-9-22(5)23(6)15-28/h9-18,21H,7-8,20H2,1-6H3. The van der Waals surface area contributed by atoms with Gasteiger partial charge in [-0.05, 0) is 108 Å². The largest absolute Gasteiger partial charge is 0.457 e. The molecule has 218 valence electrons. The number of nitrogens with zero attached hydrogens (tertiary/aromatic N) is 2. The van der Waals surface area contributed by atoms with E-state index in [9.17, 15) is 23.2 Å². The monoisotopic (exact) mass is 572 g/mol. The van der Waals surface area contributed by atoms with Gasteiger partial charge in [-0.2, -0.15) is 18.4 Å². The Labute approximate surface area is 245 Å². The fraction of sp³-hybridized carbons (Fsp3) is 0.314. The number of hydrogen-bond donors (Lipinski definition) is 0. The molecule has 0 aliphatic carbocycles. The number of halogens is 3.